The summed E-state index contributed by atoms with van der Waals surface area (Å²) in [5.74, 6) is 0.897. The maximum Gasteiger partial charge on any atom is 0.234 e. The largest absolute Gasteiger partial charge is 0.325 e. The van der Waals surface area contributed by atoms with Crippen molar-refractivity contribution in [2.45, 2.75) is 11.3 Å². The van der Waals surface area contributed by atoms with E-state index < -0.39 is 0 Å². The molecule has 130 valence electrons. The first-order valence-electron chi connectivity index (χ1n) is 7.83. The number of anilines is 1. The number of carbonyl (C=O) groups excluding carboxylic acids is 1. The lowest BCUT2D eigenvalue weighted by Crippen LogP contribution is -2.14. The minimum absolute atomic E-state index is 0.0835. The van der Waals surface area contributed by atoms with Gasteiger partial charge in [-0.05, 0) is 47.7 Å². The molecule has 0 fully saturated rings. The second kappa shape index (κ2) is 7.22. The van der Waals surface area contributed by atoms with Crippen LogP contribution >= 0.6 is 23.1 Å². The molecule has 1 amide bonds. The van der Waals surface area contributed by atoms with Crippen molar-refractivity contribution in [3.8, 4) is 5.69 Å². The molecule has 9 heteroatoms. The summed E-state index contributed by atoms with van der Waals surface area (Å²) in [7, 11) is 0. The zero-order chi connectivity index (χ0) is 17.9. The number of benzene rings is 2. The van der Waals surface area contributed by atoms with E-state index >= 15 is 0 Å². The van der Waals surface area contributed by atoms with Gasteiger partial charge in [-0.1, -0.05) is 30.0 Å². The Bertz CT molecular complexity index is 1040. The predicted molar refractivity (Wildman–Crippen MR) is 103 cm³/mol. The van der Waals surface area contributed by atoms with Crippen molar-refractivity contribution in [1.29, 1.82) is 0 Å². The number of amides is 1. The number of para-hydroxylation sites is 1. The highest BCUT2D eigenvalue weighted by molar-refractivity contribution is 8.01. The molecule has 7 nitrogen and oxygen atoms in total. The molecule has 0 radical (unpaired) electrons. The van der Waals surface area contributed by atoms with Gasteiger partial charge in [-0.15, -0.1) is 16.4 Å². The van der Waals surface area contributed by atoms with E-state index in [1.165, 1.54) is 11.8 Å². The molecule has 4 rings (SSSR count). The third kappa shape index (κ3) is 3.58. The molecule has 0 aliphatic carbocycles. The third-order valence-electron chi connectivity index (χ3n) is 3.60. The van der Waals surface area contributed by atoms with Gasteiger partial charge < -0.3 is 5.32 Å². The fourth-order valence-corrected chi connectivity index (χ4v) is 4.29. The van der Waals surface area contributed by atoms with Crippen LogP contribution in [0.3, 0.4) is 0 Å². The third-order valence-corrected chi connectivity index (χ3v) is 5.78. The number of hydrogen-bond donors (Lipinski definition) is 1. The van der Waals surface area contributed by atoms with Crippen LogP contribution in [0.2, 0.25) is 0 Å². The van der Waals surface area contributed by atoms with Crippen molar-refractivity contribution in [2.24, 2.45) is 0 Å². The van der Waals surface area contributed by atoms with Crippen LogP contribution in [0.15, 0.2) is 52.9 Å². The van der Waals surface area contributed by atoms with E-state index in [4.69, 9.17) is 0 Å². The van der Waals surface area contributed by atoms with Crippen molar-refractivity contribution < 1.29 is 4.79 Å². The van der Waals surface area contributed by atoms with Gasteiger partial charge in [0, 0.05) is 5.69 Å². The van der Waals surface area contributed by atoms with Crippen LogP contribution < -0.4 is 5.32 Å². The molecule has 0 aliphatic rings. The first kappa shape index (κ1) is 16.7. The fraction of sp³-hybridized carbons (Fsp3) is 0.118. The standard InChI is InChI=1S/C17H14N6OS2/c1-11-20-21-22-23(11)13-6-4-5-12(9-13)18-16(24)10-25-17-19-14-7-2-3-8-15(14)26-17/h2-9H,10H2,1H3,(H,18,24). The molecular weight excluding hydrogens is 368 g/mol. The zero-order valence-electron chi connectivity index (χ0n) is 13.8. The summed E-state index contributed by atoms with van der Waals surface area (Å²) in [6, 6.07) is 15.4. The summed E-state index contributed by atoms with van der Waals surface area (Å²) >= 11 is 3.03. The summed E-state index contributed by atoms with van der Waals surface area (Å²) < 4.78 is 3.63. The maximum atomic E-state index is 12.3. The first-order chi connectivity index (χ1) is 12.7. The molecule has 0 saturated carbocycles. The Labute approximate surface area is 157 Å². The van der Waals surface area contributed by atoms with Gasteiger partial charge in [0.25, 0.3) is 0 Å². The Morgan fingerprint density at radius 3 is 2.92 bits per heavy atom. The molecule has 1 N–H and O–H groups in total. The Balaban J connectivity index is 1.41. The summed E-state index contributed by atoms with van der Waals surface area (Å²) in [5.41, 5.74) is 2.46. The monoisotopic (exact) mass is 382 g/mol. The lowest BCUT2D eigenvalue weighted by molar-refractivity contribution is -0.113. The highest BCUT2D eigenvalue weighted by Crippen LogP contribution is 2.29. The Morgan fingerprint density at radius 2 is 2.12 bits per heavy atom. The van der Waals surface area contributed by atoms with E-state index in [1.807, 2.05) is 55.5 Å². The molecule has 0 aliphatic heterocycles. The van der Waals surface area contributed by atoms with E-state index in [-0.39, 0.29) is 5.91 Å². The van der Waals surface area contributed by atoms with Gasteiger partial charge in [-0.2, -0.15) is 4.68 Å². The van der Waals surface area contributed by atoms with Crippen LogP contribution in [0, 0.1) is 6.92 Å². The lowest BCUT2D eigenvalue weighted by atomic mass is 10.2. The SMILES string of the molecule is Cc1nnnn1-c1cccc(NC(=O)CSc2nc3ccccc3s2)c1. The molecule has 26 heavy (non-hydrogen) atoms. The molecule has 2 heterocycles. The maximum absolute atomic E-state index is 12.3. The topological polar surface area (TPSA) is 85.6 Å². The molecule has 0 atom stereocenters. The van der Waals surface area contributed by atoms with Gasteiger partial charge in [0.15, 0.2) is 10.2 Å². The number of aryl methyl sites for hydroxylation is 1. The van der Waals surface area contributed by atoms with Crippen molar-refractivity contribution in [3.63, 3.8) is 0 Å². The van der Waals surface area contributed by atoms with Crippen LogP contribution in [0.25, 0.3) is 15.9 Å². The van der Waals surface area contributed by atoms with Crippen molar-refractivity contribution in [1.82, 2.24) is 25.2 Å². The summed E-state index contributed by atoms with van der Waals surface area (Å²) in [6.45, 7) is 1.82. The smallest absolute Gasteiger partial charge is 0.234 e. The van der Waals surface area contributed by atoms with Gasteiger partial charge in [0.1, 0.15) is 0 Å². The summed E-state index contributed by atoms with van der Waals surface area (Å²) in [4.78, 5) is 16.8. The molecular formula is C17H14N6OS2. The molecule has 0 spiro atoms. The molecule has 0 unspecified atom stereocenters. The second-order valence-corrected chi connectivity index (χ2v) is 7.73. The Morgan fingerprint density at radius 1 is 1.23 bits per heavy atom. The number of thiazole rings is 1. The average Bonchev–Trinajstić information content (AvgIpc) is 3.25. The first-order valence-corrected chi connectivity index (χ1v) is 9.63. The molecule has 2 aromatic carbocycles. The van der Waals surface area contributed by atoms with Crippen molar-refractivity contribution in [2.75, 3.05) is 11.1 Å². The van der Waals surface area contributed by atoms with Crippen molar-refractivity contribution in [3.05, 3.63) is 54.4 Å². The number of nitrogens with one attached hydrogen (secondary N) is 1. The van der Waals surface area contributed by atoms with Crippen LogP contribution in [0.1, 0.15) is 5.82 Å². The molecule has 0 saturated heterocycles. The van der Waals surface area contributed by atoms with Gasteiger partial charge in [-0.3, -0.25) is 4.79 Å². The van der Waals surface area contributed by atoms with Gasteiger partial charge >= 0.3 is 0 Å². The zero-order valence-corrected chi connectivity index (χ0v) is 15.4. The number of nitrogens with zero attached hydrogens (tertiary/aromatic N) is 5. The Hall–Kier alpha value is -2.78. The number of rotatable bonds is 5. The second-order valence-electron chi connectivity index (χ2n) is 5.47. The van der Waals surface area contributed by atoms with Crippen molar-refractivity contribution >= 4 is 44.9 Å². The van der Waals surface area contributed by atoms with E-state index in [1.54, 1.807) is 16.0 Å². The number of aromatic nitrogens is 5. The molecule has 4 aromatic rings. The molecule has 2 aromatic heterocycles. The number of hydrogen-bond acceptors (Lipinski definition) is 7. The van der Waals surface area contributed by atoms with Crippen LogP contribution in [-0.4, -0.2) is 36.9 Å². The minimum Gasteiger partial charge on any atom is -0.325 e. The van der Waals surface area contributed by atoms with Crippen LogP contribution in [0.4, 0.5) is 5.69 Å². The normalized spacial score (nSPS) is 11.0. The highest BCUT2D eigenvalue weighted by atomic mass is 32.2. The fourth-order valence-electron chi connectivity index (χ4n) is 2.42. The summed E-state index contributed by atoms with van der Waals surface area (Å²) in [5, 5.41) is 14.3. The quantitative estimate of drug-likeness (QED) is 0.533. The van der Waals surface area contributed by atoms with Gasteiger partial charge in [-0.25, -0.2) is 4.98 Å². The predicted octanol–water partition coefficient (Wildman–Crippen LogP) is 3.31. The van der Waals surface area contributed by atoms with E-state index in [0.717, 1.165) is 20.2 Å². The number of thioether (sulfide) groups is 1. The number of fused-ring (bicyclic) bond motifs is 1. The van der Waals surface area contributed by atoms with Gasteiger partial charge in [0.2, 0.25) is 5.91 Å². The lowest BCUT2D eigenvalue weighted by Gasteiger charge is -2.07. The Kier molecular flexibility index (Phi) is 4.63. The molecule has 0 bridgehead atoms. The number of tetrazole rings is 1. The number of carbonyl (C=O) groups is 1. The van der Waals surface area contributed by atoms with E-state index in [0.29, 0.717) is 17.3 Å². The highest BCUT2D eigenvalue weighted by Gasteiger charge is 2.09. The van der Waals surface area contributed by atoms with E-state index in [2.05, 4.69) is 25.8 Å². The van der Waals surface area contributed by atoms with Gasteiger partial charge in [0.05, 0.1) is 21.7 Å². The van der Waals surface area contributed by atoms with Crippen LogP contribution in [0.5, 0.6) is 0 Å². The van der Waals surface area contributed by atoms with Crippen LogP contribution in [-0.2, 0) is 4.79 Å². The minimum atomic E-state index is -0.0835. The average molecular weight is 382 g/mol. The summed E-state index contributed by atoms with van der Waals surface area (Å²) in [6.07, 6.45) is 0. The van der Waals surface area contributed by atoms with E-state index in [9.17, 15) is 4.79 Å².